The van der Waals surface area contributed by atoms with Gasteiger partial charge in [0, 0.05) is 11.1 Å². The van der Waals surface area contributed by atoms with Crippen molar-refractivity contribution in [1.82, 2.24) is 10.5 Å². The molecule has 0 saturated carbocycles. The van der Waals surface area contributed by atoms with E-state index in [4.69, 9.17) is 20.9 Å². The lowest BCUT2D eigenvalue weighted by Crippen LogP contribution is -2.32. The highest BCUT2D eigenvalue weighted by molar-refractivity contribution is 6.32. The Morgan fingerprint density at radius 1 is 1.27 bits per heavy atom. The Kier molecular flexibility index (Phi) is 5.27. The first-order chi connectivity index (χ1) is 10.5. The topological polar surface area (TPSA) is 76.4 Å². The molecule has 0 aliphatic carbocycles. The van der Waals surface area contributed by atoms with Crippen LogP contribution in [0.3, 0.4) is 0 Å². The molecule has 2 N–H and O–H groups in total. The maximum Gasteiger partial charge on any atom is 0.320 e. The number of nitrogens with zero attached hydrogens (tertiary/aromatic N) is 1. The lowest BCUT2D eigenvalue weighted by molar-refractivity contribution is 0.247. The molecule has 2 rings (SSSR count). The third kappa shape index (κ3) is 4.39. The predicted octanol–water partition coefficient (Wildman–Crippen LogP) is 3.45. The number of hydrogen-bond donors (Lipinski definition) is 2. The zero-order chi connectivity index (χ0) is 16.1. The summed E-state index contributed by atoms with van der Waals surface area (Å²) < 4.78 is 10.4. The van der Waals surface area contributed by atoms with E-state index < -0.39 is 0 Å². The number of rotatable bonds is 5. The summed E-state index contributed by atoms with van der Waals surface area (Å²) in [6, 6.07) is 5.01. The van der Waals surface area contributed by atoms with E-state index in [1.807, 2.05) is 26.0 Å². The summed E-state index contributed by atoms with van der Waals surface area (Å²) in [5, 5.41) is 9.64. The first-order valence-corrected chi connectivity index (χ1v) is 7.21. The molecule has 1 heterocycles. The molecular weight excluding hydrogens is 306 g/mol. The second-order valence-corrected chi connectivity index (χ2v) is 5.30. The number of nitrogens with one attached hydrogen (secondary N) is 2. The van der Waals surface area contributed by atoms with Gasteiger partial charge in [0.2, 0.25) is 0 Å². The van der Waals surface area contributed by atoms with Crippen molar-refractivity contribution in [3.63, 3.8) is 0 Å². The fourth-order valence-corrected chi connectivity index (χ4v) is 2.02. The largest absolute Gasteiger partial charge is 0.492 e. The monoisotopic (exact) mass is 323 g/mol. The van der Waals surface area contributed by atoms with Crippen molar-refractivity contribution in [1.29, 1.82) is 0 Å². The molecular formula is C15H18ClN3O3. The van der Waals surface area contributed by atoms with Crippen LogP contribution in [0.2, 0.25) is 5.02 Å². The van der Waals surface area contributed by atoms with Gasteiger partial charge >= 0.3 is 6.03 Å². The summed E-state index contributed by atoms with van der Waals surface area (Å²) in [4.78, 5) is 11.6. The molecule has 7 heteroatoms. The van der Waals surface area contributed by atoms with Crippen LogP contribution in [0.4, 0.5) is 10.6 Å². The normalized spacial score (nSPS) is 10.4. The van der Waals surface area contributed by atoms with Crippen LogP contribution in [-0.2, 0) is 0 Å². The average molecular weight is 324 g/mol. The minimum Gasteiger partial charge on any atom is -0.492 e. The third-order valence-corrected chi connectivity index (χ3v) is 3.53. The van der Waals surface area contributed by atoms with Crippen molar-refractivity contribution >= 4 is 23.4 Å². The van der Waals surface area contributed by atoms with Gasteiger partial charge in [-0.3, -0.25) is 5.32 Å². The SMILES string of the molecule is Cc1cc(NC(=O)NCCOc2cc(C)c(Cl)c(C)c2)no1. The molecule has 0 spiro atoms. The van der Waals surface area contributed by atoms with E-state index in [0.29, 0.717) is 24.7 Å². The molecule has 0 bridgehead atoms. The summed E-state index contributed by atoms with van der Waals surface area (Å²) in [6.07, 6.45) is 0. The predicted molar refractivity (Wildman–Crippen MR) is 84.7 cm³/mol. The van der Waals surface area contributed by atoms with E-state index in [1.54, 1.807) is 13.0 Å². The number of anilines is 1. The van der Waals surface area contributed by atoms with E-state index in [9.17, 15) is 4.79 Å². The molecule has 0 aliphatic rings. The van der Waals surface area contributed by atoms with Crippen LogP contribution in [0.1, 0.15) is 16.9 Å². The van der Waals surface area contributed by atoms with Crippen LogP contribution >= 0.6 is 11.6 Å². The van der Waals surface area contributed by atoms with Crippen LogP contribution in [-0.4, -0.2) is 24.3 Å². The lowest BCUT2D eigenvalue weighted by Gasteiger charge is -2.10. The van der Waals surface area contributed by atoms with E-state index in [0.717, 1.165) is 21.9 Å². The summed E-state index contributed by atoms with van der Waals surface area (Å²) in [5.74, 6) is 1.74. The zero-order valence-electron chi connectivity index (χ0n) is 12.7. The van der Waals surface area contributed by atoms with Gasteiger partial charge in [0.25, 0.3) is 0 Å². The first kappa shape index (κ1) is 16.2. The van der Waals surface area contributed by atoms with Gasteiger partial charge in [0.05, 0.1) is 6.54 Å². The van der Waals surface area contributed by atoms with Crippen molar-refractivity contribution < 1.29 is 14.1 Å². The highest BCUT2D eigenvalue weighted by Gasteiger charge is 2.06. The molecule has 0 fully saturated rings. The number of amides is 2. The van der Waals surface area contributed by atoms with E-state index in [1.165, 1.54) is 0 Å². The molecule has 0 aliphatic heterocycles. The minimum absolute atomic E-state index is 0.353. The highest BCUT2D eigenvalue weighted by Crippen LogP contribution is 2.25. The fraction of sp³-hybridized carbons (Fsp3) is 0.333. The molecule has 118 valence electrons. The lowest BCUT2D eigenvalue weighted by atomic mass is 10.1. The van der Waals surface area contributed by atoms with Gasteiger partial charge in [-0.2, -0.15) is 0 Å². The molecule has 22 heavy (non-hydrogen) atoms. The Bertz CT molecular complexity index is 647. The van der Waals surface area contributed by atoms with Crippen molar-refractivity contribution in [2.24, 2.45) is 0 Å². The molecule has 6 nitrogen and oxygen atoms in total. The summed E-state index contributed by atoms with van der Waals surface area (Å²) in [6.45, 7) is 6.32. The number of hydrogen-bond acceptors (Lipinski definition) is 4. The van der Waals surface area contributed by atoms with E-state index in [-0.39, 0.29) is 6.03 Å². The van der Waals surface area contributed by atoms with Crippen LogP contribution in [0.15, 0.2) is 22.7 Å². The number of carbonyl (C=O) groups is 1. The molecule has 0 atom stereocenters. The van der Waals surface area contributed by atoms with Crippen LogP contribution in [0.5, 0.6) is 5.75 Å². The van der Waals surface area contributed by atoms with E-state index >= 15 is 0 Å². The quantitative estimate of drug-likeness (QED) is 0.826. The van der Waals surface area contributed by atoms with Gasteiger partial charge < -0.3 is 14.6 Å². The second kappa shape index (κ2) is 7.17. The van der Waals surface area contributed by atoms with Crippen LogP contribution in [0.25, 0.3) is 0 Å². The average Bonchev–Trinajstić information content (AvgIpc) is 2.86. The summed E-state index contributed by atoms with van der Waals surface area (Å²) in [5.41, 5.74) is 1.92. The minimum atomic E-state index is -0.361. The number of ether oxygens (including phenoxy) is 1. The zero-order valence-corrected chi connectivity index (χ0v) is 13.5. The van der Waals surface area contributed by atoms with Crippen LogP contribution < -0.4 is 15.4 Å². The van der Waals surface area contributed by atoms with Crippen LogP contribution in [0, 0.1) is 20.8 Å². The summed E-state index contributed by atoms with van der Waals surface area (Å²) in [7, 11) is 0. The van der Waals surface area contributed by atoms with Crippen molar-refractivity contribution in [3.8, 4) is 5.75 Å². The van der Waals surface area contributed by atoms with Gasteiger partial charge in [-0.05, 0) is 44.0 Å². The molecule has 2 amide bonds. The number of urea groups is 1. The van der Waals surface area contributed by atoms with Gasteiger partial charge in [-0.1, -0.05) is 16.8 Å². The smallest absolute Gasteiger partial charge is 0.320 e. The summed E-state index contributed by atoms with van der Waals surface area (Å²) >= 11 is 6.10. The Morgan fingerprint density at radius 2 is 1.95 bits per heavy atom. The van der Waals surface area contributed by atoms with Crippen molar-refractivity contribution in [2.75, 3.05) is 18.5 Å². The standard InChI is InChI=1S/C15H18ClN3O3/c1-9-6-12(7-10(2)14(9)16)21-5-4-17-15(20)18-13-8-11(3)22-19-13/h6-8H,4-5H2,1-3H3,(H2,17,18,19,20). The van der Waals surface area contributed by atoms with Gasteiger partial charge in [-0.25, -0.2) is 4.79 Å². The maximum absolute atomic E-state index is 11.6. The number of carbonyl (C=O) groups excluding carboxylic acids is 1. The Morgan fingerprint density at radius 3 is 2.55 bits per heavy atom. The van der Waals surface area contributed by atoms with Crippen molar-refractivity contribution in [2.45, 2.75) is 20.8 Å². The third-order valence-electron chi connectivity index (χ3n) is 2.94. The van der Waals surface area contributed by atoms with Crippen molar-refractivity contribution in [3.05, 3.63) is 40.1 Å². The highest BCUT2D eigenvalue weighted by atomic mass is 35.5. The molecule has 1 aromatic heterocycles. The fourth-order valence-electron chi connectivity index (χ4n) is 1.91. The van der Waals surface area contributed by atoms with Gasteiger partial charge in [0.1, 0.15) is 18.1 Å². The molecule has 0 saturated heterocycles. The second-order valence-electron chi connectivity index (χ2n) is 4.92. The number of aryl methyl sites for hydroxylation is 3. The molecule has 0 unspecified atom stereocenters. The first-order valence-electron chi connectivity index (χ1n) is 6.83. The Hall–Kier alpha value is -2.21. The Balaban J connectivity index is 1.74. The molecule has 1 aromatic carbocycles. The number of benzene rings is 1. The Labute approximate surface area is 133 Å². The number of aromatic nitrogens is 1. The number of halogens is 1. The maximum atomic E-state index is 11.6. The van der Waals surface area contributed by atoms with Gasteiger partial charge in [0.15, 0.2) is 5.82 Å². The van der Waals surface area contributed by atoms with E-state index in [2.05, 4.69) is 15.8 Å². The molecule has 2 aromatic rings. The molecule has 0 radical (unpaired) electrons. The van der Waals surface area contributed by atoms with Gasteiger partial charge in [-0.15, -0.1) is 0 Å².